The summed E-state index contributed by atoms with van der Waals surface area (Å²) in [5.41, 5.74) is 0.339. The first-order chi connectivity index (χ1) is 29.4. The number of benzene rings is 1. The van der Waals surface area contributed by atoms with Gasteiger partial charge in [-0.05, 0) is 50.7 Å². The molecule has 0 radical (unpaired) electrons. The Kier molecular flexibility index (Phi) is 34.4. The van der Waals surface area contributed by atoms with E-state index in [9.17, 15) is 19.2 Å². The number of carbonyl (C=O) groups excluding carboxylic acids is 4. The summed E-state index contributed by atoms with van der Waals surface area (Å²) in [5.74, 6) is -0.110. The SMILES string of the molecule is C=CCOC(=O)c1cc(OCCCCCCCCCCOC(=O)C=C)c(OCCCCCCCCCCOC(=O)C=C)c(OCCCCCCCCCCOC(=O)C=C)c1. The number of rotatable bonds is 42. The number of ether oxygens (including phenoxy) is 7. The van der Waals surface area contributed by atoms with Gasteiger partial charge < -0.3 is 33.2 Å². The van der Waals surface area contributed by atoms with E-state index in [4.69, 9.17) is 33.2 Å². The largest absolute Gasteiger partial charge is 0.490 e. The molecule has 0 N–H and O–H groups in total. The molecule has 0 aliphatic heterocycles. The van der Waals surface area contributed by atoms with E-state index in [1.807, 2.05) is 0 Å². The average molecular weight is 841 g/mol. The molecular formula is C49H76O11. The van der Waals surface area contributed by atoms with Crippen molar-refractivity contribution in [1.29, 1.82) is 0 Å². The molecule has 60 heavy (non-hydrogen) atoms. The maximum Gasteiger partial charge on any atom is 0.338 e. The zero-order chi connectivity index (χ0) is 43.7. The molecule has 0 saturated carbocycles. The van der Waals surface area contributed by atoms with E-state index in [1.165, 1.54) is 24.3 Å². The van der Waals surface area contributed by atoms with E-state index in [1.54, 1.807) is 12.1 Å². The van der Waals surface area contributed by atoms with Crippen molar-refractivity contribution in [2.75, 3.05) is 46.2 Å². The number of unbranched alkanes of at least 4 members (excludes halogenated alkanes) is 21. The zero-order valence-electron chi connectivity index (χ0n) is 36.7. The van der Waals surface area contributed by atoms with Gasteiger partial charge in [0.25, 0.3) is 0 Å². The lowest BCUT2D eigenvalue weighted by atomic mass is 10.1. The van der Waals surface area contributed by atoms with Crippen molar-refractivity contribution in [3.8, 4) is 17.2 Å². The summed E-state index contributed by atoms with van der Waals surface area (Å²) in [6, 6.07) is 3.39. The summed E-state index contributed by atoms with van der Waals surface area (Å²) in [5, 5.41) is 0. The van der Waals surface area contributed by atoms with Gasteiger partial charge in [0.15, 0.2) is 11.5 Å². The first-order valence-electron chi connectivity index (χ1n) is 22.6. The van der Waals surface area contributed by atoms with Crippen LogP contribution in [-0.2, 0) is 33.3 Å². The molecule has 0 heterocycles. The molecule has 0 atom stereocenters. The Labute approximate surface area is 361 Å². The van der Waals surface area contributed by atoms with Gasteiger partial charge in [0.2, 0.25) is 5.75 Å². The number of hydrogen-bond donors (Lipinski definition) is 0. The van der Waals surface area contributed by atoms with Crippen molar-refractivity contribution in [2.45, 2.75) is 154 Å². The minimum Gasteiger partial charge on any atom is -0.490 e. The van der Waals surface area contributed by atoms with Gasteiger partial charge in [-0.1, -0.05) is 148 Å². The standard InChI is InChI=1S/C49H76O11/c1-5-33-60-49(53)42-40-43(54-34-27-21-15-9-11-17-23-29-36-56-45(50)6-2)48(59-39-32-26-20-14-13-19-25-31-38-58-47(52)8-4)44(41-42)55-35-28-22-16-10-12-18-24-30-37-57-46(51)7-3/h5-8,40-41H,1-4,9-39H2. The molecule has 1 aromatic rings. The third kappa shape index (κ3) is 29.6. The van der Waals surface area contributed by atoms with Crippen LogP contribution in [0.15, 0.2) is 62.8 Å². The fourth-order valence-corrected chi connectivity index (χ4v) is 6.30. The minimum atomic E-state index is -0.480. The Morgan fingerprint density at radius 1 is 0.383 bits per heavy atom. The fraction of sp³-hybridized carbons (Fsp3) is 0.633. The van der Waals surface area contributed by atoms with Gasteiger partial charge in [0, 0.05) is 18.2 Å². The van der Waals surface area contributed by atoms with E-state index >= 15 is 0 Å². The summed E-state index contributed by atoms with van der Waals surface area (Å²) in [4.78, 5) is 46.5. The van der Waals surface area contributed by atoms with E-state index in [-0.39, 0.29) is 24.5 Å². The first-order valence-corrected chi connectivity index (χ1v) is 22.6. The van der Waals surface area contributed by atoms with E-state index in [0.717, 1.165) is 154 Å². The normalized spacial score (nSPS) is 10.6. The van der Waals surface area contributed by atoms with Crippen molar-refractivity contribution in [2.24, 2.45) is 0 Å². The molecule has 0 amide bonds. The number of esters is 4. The molecule has 0 aliphatic rings. The zero-order valence-corrected chi connectivity index (χ0v) is 36.7. The maximum absolute atomic E-state index is 13.0. The van der Waals surface area contributed by atoms with E-state index < -0.39 is 5.97 Å². The summed E-state index contributed by atoms with van der Waals surface area (Å²) in [6.07, 6.45) is 29.9. The first kappa shape index (κ1) is 53.5. The van der Waals surface area contributed by atoms with Crippen LogP contribution in [0.1, 0.15) is 164 Å². The third-order valence-corrected chi connectivity index (χ3v) is 9.70. The molecular weight excluding hydrogens is 765 g/mol. The summed E-state index contributed by atoms with van der Waals surface area (Å²) in [7, 11) is 0. The quantitative estimate of drug-likeness (QED) is 0.0205. The molecule has 1 aromatic carbocycles. The van der Waals surface area contributed by atoms with Crippen LogP contribution in [0, 0.1) is 0 Å². The van der Waals surface area contributed by atoms with Crippen LogP contribution in [0.25, 0.3) is 0 Å². The lowest BCUT2D eigenvalue weighted by molar-refractivity contribution is -0.138. The molecule has 0 aliphatic carbocycles. The maximum atomic E-state index is 13.0. The molecule has 11 heteroatoms. The van der Waals surface area contributed by atoms with Crippen LogP contribution >= 0.6 is 0 Å². The molecule has 0 spiro atoms. The van der Waals surface area contributed by atoms with Crippen LogP contribution in [-0.4, -0.2) is 70.1 Å². The van der Waals surface area contributed by atoms with Crippen molar-refractivity contribution in [3.63, 3.8) is 0 Å². The van der Waals surface area contributed by atoms with Gasteiger partial charge in [0.05, 0.1) is 45.2 Å². The minimum absolute atomic E-state index is 0.0974. The highest BCUT2D eigenvalue weighted by Gasteiger charge is 2.20. The molecule has 11 nitrogen and oxygen atoms in total. The van der Waals surface area contributed by atoms with Crippen LogP contribution in [0.3, 0.4) is 0 Å². The highest BCUT2D eigenvalue weighted by Crippen LogP contribution is 2.40. The Morgan fingerprint density at radius 2 is 0.667 bits per heavy atom. The number of hydrogen-bond acceptors (Lipinski definition) is 11. The van der Waals surface area contributed by atoms with Crippen LogP contribution < -0.4 is 14.2 Å². The van der Waals surface area contributed by atoms with Crippen molar-refractivity contribution in [3.05, 3.63) is 68.3 Å². The van der Waals surface area contributed by atoms with Crippen LogP contribution in [0.4, 0.5) is 0 Å². The third-order valence-electron chi connectivity index (χ3n) is 9.70. The van der Waals surface area contributed by atoms with Crippen LogP contribution in [0.2, 0.25) is 0 Å². The second-order valence-corrected chi connectivity index (χ2v) is 14.8. The molecule has 0 unspecified atom stereocenters. The average Bonchev–Trinajstić information content (AvgIpc) is 3.26. The van der Waals surface area contributed by atoms with Gasteiger partial charge >= 0.3 is 23.9 Å². The Bertz CT molecular complexity index is 1290. The number of carbonyl (C=O) groups is 4. The highest BCUT2D eigenvalue weighted by molar-refractivity contribution is 5.91. The second-order valence-electron chi connectivity index (χ2n) is 14.8. The van der Waals surface area contributed by atoms with E-state index in [2.05, 4.69) is 26.3 Å². The van der Waals surface area contributed by atoms with Crippen molar-refractivity contribution < 1.29 is 52.3 Å². The summed E-state index contributed by atoms with van der Waals surface area (Å²) >= 11 is 0. The molecule has 0 fully saturated rings. The van der Waals surface area contributed by atoms with Gasteiger partial charge in [-0.15, -0.1) is 0 Å². The van der Waals surface area contributed by atoms with Crippen molar-refractivity contribution in [1.82, 2.24) is 0 Å². The van der Waals surface area contributed by atoms with E-state index in [0.29, 0.717) is 62.5 Å². The van der Waals surface area contributed by atoms with Gasteiger partial charge in [-0.25, -0.2) is 19.2 Å². The second kappa shape index (κ2) is 38.6. The molecule has 0 bridgehead atoms. The molecule has 1 rings (SSSR count). The molecule has 338 valence electrons. The van der Waals surface area contributed by atoms with Gasteiger partial charge in [-0.2, -0.15) is 0 Å². The van der Waals surface area contributed by atoms with Gasteiger partial charge in [0.1, 0.15) is 6.61 Å². The Morgan fingerprint density at radius 3 is 0.967 bits per heavy atom. The topological polar surface area (TPSA) is 133 Å². The summed E-state index contributed by atoms with van der Waals surface area (Å²) in [6.45, 7) is 16.8. The smallest absolute Gasteiger partial charge is 0.338 e. The van der Waals surface area contributed by atoms with Crippen molar-refractivity contribution >= 4 is 23.9 Å². The molecule has 0 saturated heterocycles. The fourth-order valence-electron chi connectivity index (χ4n) is 6.30. The predicted octanol–water partition coefficient (Wildman–Crippen LogP) is 11.7. The Hall–Kier alpha value is -4.54. The summed E-state index contributed by atoms with van der Waals surface area (Å²) < 4.78 is 39.5. The highest BCUT2D eigenvalue weighted by atomic mass is 16.6. The lowest BCUT2D eigenvalue weighted by Crippen LogP contribution is -2.10. The molecule has 0 aromatic heterocycles. The Balaban J connectivity index is 2.72. The van der Waals surface area contributed by atoms with Crippen LogP contribution in [0.5, 0.6) is 17.2 Å². The predicted molar refractivity (Wildman–Crippen MR) is 238 cm³/mol. The lowest BCUT2D eigenvalue weighted by Gasteiger charge is -2.19. The van der Waals surface area contributed by atoms with Gasteiger partial charge in [-0.3, -0.25) is 0 Å². The monoisotopic (exact) mass is 841 g/mol.